The van der Waals surface area contributed by atoms with Gasteiger partial charge in [0, 0.05) is 36.4 Å². The lowest BCUT2D eigenvalue weighted by Gasteiger charge is -2.07. The van der Waals surface area contributed by atoms with E-state index >= 15 is 0 Å². The van der Waals surface area contributed by atoms with E-state index in [0.717, 1.165) is 16.6 Å². The molecule has 4 rings (SSSR count). The second kappa shape index (κ2) is 5.91. The lowest BCUT2D eigenvalue weighted by molar-refractivity contribution is 0.300. The summed E-state index contributed by atoms with van der Waals surface area (Å²) < 4.78 is 1.43. The average Bonchev–Trinajstić information content (AvgIpc) is 3.06. The molecule has 0 spiro atoms. The van der Waals surface area contributed by atoms with Gasteiger partial charge in [-0.1, -0.05) is 29.3 Å². The first-order valence-electron chi connectivity index (χ1n) is 7.65. The van der Waals surface area contributed by atoms with Crippen LogP contribution in [-0.2, 0) is 13.5 Å². The number of nitrogens with one attached hydrogen (secondary N) is 2. The summed E-state index contributed by atoms with van der Waals surface area (Å²) in [5.41, 5.74) is 3.45. The number of rotatable bonds is 3. The van der Waals surface area contributed by atoms with Gasteiger partial charge in [-0.3, -0.25) is 14.6 Å². The molecule has 0 unspecified atom stereocenters. The molecule has 0 aliphatic carbocycles. The molecular formula is C17H14Cl2N4O2. The number of hydrogen-bond donors (Lipinski definition) is 3. The third-order valence-electron chi connectivity index (χ3n) is 4.33. The van der Waals surface area contributed by atoms with Crippen molar-refractivity contribution in [2.75, 3.05) is 6.61 Å². The third kappa shape index (κ3) is 2.45. The van der Waals surface area contributed by atoms with Crippen molar-refractivity contribution in [3.63, 3.8) is 0 Å². The second-order valence-corrected chi connectivity index (χ2v) is 6.59. The smallest absolute Gasteiger partial charge is 0.274 e. The highest BCUT2D eigenvalue weighted by molar-refractivity contribution is 6.39. The predicted molar refractivity (Wildman–Crippen MR) is 99.4 cm³/mol. The first kappa shape index (κ1) is 16.2. The number of aliphatic hydroxyl groups is 1. The zero-order chi connectivity index (χ0) is 17.7. The lowest BCUT2D eigenvalue weighted by Crippen LogP contribution is -2.11. The average molecular weight is 377 g/mol. The summed E-state index contributed by atoms with van der Waals surface area (Å²) in [5, 5.41) is 14.4. The van der Waals surface area contributed by atoms with Crippen LogP contribution in [0.4, 0.5) is 0 Å². The van der Waals surface area contributed by atoms with E-state index in [1.54, 1.807) is 19.3 Å². The van der Waals surface area contributed by atoms with Crippen LogP contribution in [-0.4, -0.2) is 31.5 Å². The minimum atomic E-state index is -0.104. The van der Waals surface area contributed by atoms with Gasteiger partial charge in [-0.25, -0.2) is 4.98 Å². The van der Waals surface area contributed by atoms with E-state index in [2.05, 4.69) is 15.1 Å². The normalized spacial score (nSPS) is 11.7. The molecule has 0 saturated carbocycles. The number of halogens is 2. The largest absolute Gasteiger partial charge is 0.396 e. The van der Waals surface area contributed by atoms with Gasteiger partial charge in [0.2, 0.25) is 0 Å². The van der Waals surface area contributed by atoms with Gasteiger partial charge in [0.15, 0.2) is 0 Å². The number of H-pyrrole nitrogens is 2. The molecule has 8 heteroatoms. The topological polar surface area (TPSA) is 86.7 Å². The summed E-state index contributed by atoms with van der Waals surface area (Å²) in [4.78, 5) is 19.6. The number of aromatic nitrogens is 4. The zero-order valence-corrected chi connectivity index (χ0v) is 14.7. The first-order valence-corrected chi connectivity index (χ1v) is 8.41. The fourth-order valence-corrected chi connectivity index (χ4v) is 3.73. The van der Waals surface area contributed by atoms with Crippen LogP contribution < -0.4 is 5.56 Å². The van der Waals surface area contributed by atoms with Crippen LogP contribution in [0.3, 0.4) is 0 Å². The van der Waals surface area contributed by atoms with E-state index in [4.69, 9.17) is 23.2 Å². The Bertz CT molecular complexity index is 1170. The van der Waals surface area contributed by atoms with Crippen molar-refractivity contribution in [2.24, 2.45) is 7.05 Å². The first-order chi connectivity index (χ1) is 12.0. The number of pyridine rings is 1. The molecule has 0 atom stereocenters. The van der Waals surface area contributed by atoms with Gasteiger partial charge in [-0.2, -0.15) is 0 Å². The van der Waals surface area contributed by atoms with Gasteiger partial charge in [-0.05, 0) is 24.1 Å². The van der Waals surface area contributed by atoms with Gasteiger partial charge in [0.1, 0.15) is 10.8 Å². The molecule has 0 bridgehead atoms. The quantitative estimate of drug-likeness (QED) is 0.512. The fourth-order valence-electron chi connectivity index (χ4n) is 3.09. The van der Waals surface area contributed by atoms with Crippen molar-refractivity contribution in [1.82, 2.24) is 19.7 Å². The van der Waals surface area contributed by atoms with E-state index in [9.17, 15) is 9.90 Å². The molecule has 3 N–H and O–H groups in total. The Balaban J connectivity index is 1.98. The molecule has 0 saturated heterocycles. The fraction of sp³-hybridized carbons (Fsp3) is 0.176. The SMILES string of the molecule is Cn1[nH]c2ccc(-c3cnc4[nH]c(Cl)c(CCO)c4c3Cl)cc2c1=O. The molecule has 6 nitrogen and oxygen atoms in total. The van der Waals surface area contributed by atoms with Gasteiger partial charge in [-0.15, -0.1) is 0 Å². The Morgan fingerprint density at radius 2 is 2.12 bits per heavy atom. The summed E-state index contributed by atoms with van der Waals surface area (Å²) in [7, 11) is 1.67. The highest BCUT2D eigenvalue weighted by Crippen LogP contribution is 2.38. The highest BCUT2D eigenvalue weighted by Gasteiger charge is 2.18. The predicted octanol–water partition coefficient (Wildman–Crippen LogP) is 3.25. The van der Waals surface area contributed by atoms with Crippen molar-refractivity contribution in [1.29, 1.82) is 0 Å². The minimum absolute atomic E-state index is 0.0431. The third-order valence-corrected chi connectivity index (χ3v) is 5.04. The second-order valence-electron chi connectivity index (χ2n) is 5.84. The summed E-state index contributed by atoms with van der Waals surface area (Å²) in [6.45, 7) is -0.0431. The monoisotopic (exact) mass is 376 g/mol. The molecule has 0 aliphatic heterocycles. The van der Waals surface area contributed by atoms with Crippen LogP contribution in [0.5, 0.6) is 0 Å². The maximum Gasteiger partial charge on any atom is 0.274 e. The molecule has 128 valence electrons. The Labute approximate surface area is 152 Å². The Kier molecular flexibility index (Phi) is 3.83. The molecular weight excluding hydrogens is 363 g/mol. The number of fused-ring (bicyclic) bond motifs is 2. The summed E-state index contributed by atoms with van der Waals surface area (Å²) >= 11 is 12.8. The van der Waals surface area contributed by atoms with Crippen LogP contribution in [0.2, 0.25) is 10.2 Å². The van der Waals surface area contributed by atoms with Crippen LogP contribution >= 0.6 is 23.2 Å². The molecule has 3 heterocycles. The van der Waals surface area contributed by atoms with Gasteiger partial charge in [0.25, 0.3) is 5.56 Å². The lowest BCUT2D eigenvalue weighted by atomic mass is 10.0. The molecule has 1 aromatic carbocycles. The van der Waals surface area contributed by atoms with Gasteiger partial charge < -0.3 is 10.1 Å². The maximum absolute atomic E-state index is 12.2. The van der Waals surface area contributed by atoms with Crippen LogP contribution in [0.1, 0.15) is 5.56 Å². The number of aliphatic hydroxyl groups excluding tert-OH is 1. The standard InChI is InChI=1S/C17H14Cl2N4O2/c1-23-17(25)10-6-8(2-3-12(10)22-23)11-7-20-16-13(14(11)18)9(4-5-24)15(19)21-16/h2-3,6-7,22,24H,4-5H2,1H3,(H,20,21). The number of nitrogens with zero attached hydrogens (tertiary/aromatic N) is 2. The molecule has 3 aromatic heterocycles. The van der Waals surface area contributed by atoms with E-state index in [1.807, 2.05) is 12.1 Å². The van der Waals surface area contributed by atoms with Crippen molar-refractivity contribution in [3.05, 3.63) is 50.5 Å². The molecule has 25 heavy (non-hydrogen) atoms. The van der Waals surface area contributed by atoms with E-state index < -0.39 is 0 Å². The Morgan fingerprint density at radius 1 is 1.32 bits per heavy atom. The zero-order valence-electron chi connectivity index (χ0n) is 13.2. The van der Waals surface area contributed by atoms with Crippen LogP contribution in [0.25, 0.3) is 33.1 Å². The maximum atomic E-state index is 12.2. The van der Waals surface area contributed by atoms with Crippen molar-refractivity contribution >= 4 is 45.1 Å². The minimum Gasteiger partial charge on any atom is -0.396 e. The van der Waals surface area contributed by atoms with E-state index in [1.165, 1.54) is 4.68 Å². The van der Waals surface area contributed by atoms with E-state index in [0.29, 0.717) is 38.6 Å². The van der Waals surface area contributed by atoms with Crippen molar-refractivity contribution in [2.45, 2.75) is 6.42 Å². The highest BCUT2D eigenvalue weighted by atomic mass is 35.5. The Hall–Kier alpha value is -2.28. The van der Waals surface area contributed by atoms with Crippen molar-refractivity contribution in [3.8, 4) is 11.1 Å². The number of aromatic amines is 2. The number of hydrogen-bond acceptors (Lipinski definition) is 3. The molecule has 0 amide bonds. The van der Waals surface area contributed by atoms with Crippen LogP contribution in [0.15, 0.2) is 29.2 Å². The number of benzene rings is 1. The Morgan fingerprint density at radius 3 is 2.88 bits per heavy atom. The van der Waals surface area contributed by atoms with E-state index in [-0.39, 0.29) is 12.2 Å². The van der Waals surface area contributed by atoms with Crippen molar-refractivity contribution < 1.29 is 5.11 Å². The van der Waals surface area contributed by atoms with Gasteiger partial charge in [0.05, 0.1) is 15.9 Å². The number of aryl methyl sites for hydroxylation is 1. The molecule has 4 aromatic rings. The van der Waals surface area contributed by atoms with Crippen LogP contribution in [0, 0.1) is 0 Å². The molecule has 0 radical (unpaired) electrons. The molecule has 0 aliphatic rings. The summed E-state index contributed by atoms with van der Waals surface area (Å²) in [6, 6.07) is 5.52. The van der Waals surface area contributed by atoms with Gasteiger partial charge >= 0.3 is 0 Å². The summed E-state index contributed by atoms with van der Waals surface area (Å²) in [5.74, 6) is 0. The summed E-state index contributed by atoms with van der Waals surface area (Å²) in [6.07, 6.45) is 2.03. The molecule has 0 fully saturated rings.